The third-order valence-electron chi connectivity index (χ3n) is 4.53. The van der Waals surface area contributed by atoms with Crippen molar-refractivity contribution in [1.82, 2.24) is 24.8 Å². The Bertz CT molecular complexity index is 1150. The first-order valence-electron chi connectivity index (χ1n) is 9.53. The fourth-order valence-corrected chi connectivity index (χ4v) is 4.07. The lowest BCUT2D eigenvalue weighted by atomic mass is 10.2. The fraction of sp³-hybridized carbons (Fsp3) is 0.190. The van der Waals surface area contributed by atoms with E-state index >= 15 is 0 Å². The van der Waals surface area contributed by atoms with Crippen molar-refractivity contribution in [1.29, 1.82) is 0 Å². The van der Waals surface area contributed by atoms with Gasteiger partial charge in [-0.15, -0.1) is 0 Å². The van der Waals surface area contributed by atoms with Crippen LogP contribution < -0.4 is 10.0 Å². The Labute approximate surface area is 174 Å². The van der Waals surface area contributed by atoms with Gasteiger partial charge in [-0.25, -0.2) is 22.8 Å². The molecule has 1 aliphatic carbocycles. The maximum Gasteiger partial charge on any atom is 0.244 e. The molecule has 1 saturated carbocycles. The van der Waals surface area contributed by atoms with Crippen LogP contribution >= 0.6 is 0 Å². The van der Waals surface area contributed by atoms with Crippen molar-refractivity contribution in [3.8, 4) is 5.82 Å². The molecule has 0 unspecified atom stereocenters. The maximum atomic E-state index is 12.2. The number of hydrogen-bond donors (Lipinski definition) is 2. The van der Waals surface area contributed by atoms with Crippen LogP contribution in [0.15, 0.2) is 72.0 Å². The number of hydrogen-bond acceptors (Lipinski definition) is 5. The summed E-state index contributed by atoms with van der Waals surface area (Å²) < 4.78 is 28.6. The summed E-state index contributed by atoms with van der Waals surface area (Å²) in [7, 11) is -3.47. The summed E-state index contributed by atoms with van der Waals surface area (Å²) >= 11 is 0. The molecule has 0 atom stereocenters. The number of amides is 1. The van der Waals surface area contributed by atoms with Crippen LogP contribution in [-0.2, 0) is 21.4 Å². The summed E-state index contributed by atoms with van der Waals surface area (Å²) in [4.78, 5) is 16.6. The second kappa shape index (κ2) is 8.60. The maximum absolute atomic E-state index is 12.2. The number of nitrogens with one attached hydrogen (secondary N) is 2. The molecular weight excluding hydrogens is 402 g/mol. The van der Waals surface area contributed by atoms with E-state index in [1.807, 2.05) is 18.2 Å². The monoisotopic (exact) mass is 423 g/mol. The van der Waals surface area contributed by atoms with Gasteiger partial charge in [-0.1, -0.05) is 12.1 Å². The van der Waals surface area contributed by atoms with Gasteiger partial charge in [-0.05, 0) is 60.4 Å². The number of rotatable bonds is 8. The van der Waals surface area contributed by atoms with E-state index in [0.717, 1.165) is 24.0 Å². The van der Waals surface area contributed by atoms with E-state index < -0.39 is 10.0 Å². The smallest absolute Gasteiger partial charge is 0.244 e. The SMILES string of the molecule is O=C(/C=C/c1ccc(S(=O)(=O)NC2CC2)cc1)NCc1ccnc(-n2cccn2)c1. The quantitative estimate of drug-likeness (QED) is 0.540. The molecule has 154 valence electrons. The average Bonchev–Trinajstić information content (AvgIpc) is 3.38. The first-order chi connectivity index (χ1) is 14.5. The zero-order chi connectivity index (χ0) is 21.0. The standard InChI is InChI=1S/C21H21N5O3S/c27-21(23-15-17-10-12-22-20(14-17)26-13-1-11-24-26)9-4-16-2-7-19(8-3-16)30(28,29)25-18-5-6-18/h1-4,7-14,18,25H,5-6,15H2,(H,23,27)/b9-4+. The average molecular weight is 423 g/mol. The lowest BCUT2D eigenvalue weighted by molar-refractivity contribution is -0.116. The number of sulfonamides is 1. The van der Waals surface area contributed by atoms with Gasteiger partial charge in [0.05, 0.1) is 4.90 Å². The molecule has 8 nitrogen and oxygen atoms in total. The number of carbonyl (C=O) groups is 1. The molecule has 0 spiro atoms. The number of carbonyl (C=O) groups excluding carboxylic acids is 1. The Kier molecular flexibility index (Phi) is 5.73. The molecule has 30 heavy (non-hydrogen) atoms. The zero-order valence-corrected chi connectivity index (χ0v) is 16.9. The van der Waals surface area contributed by atoms with Gasteiger partial charge in [-0.2, -0.15) is 5.10 Å². The zero-order valence-electron chi connectivity index (χ0n) is 16.1. The van der Waals surface area contributed by atoms with Crippen molar-refractivity contribution in [3.63, 3.8) is 0 Å². The van der Waals surface area contributed by atoms with Gasteiger partial charge >= 0.3 is 0 Å². The number of aromatic nitrogens is 3. The molecule has 1 aromatic carbocycles. The van der Waals surface area contributed by atoms with Crippen LogP contribution in [0, 0.1) is 0 Å². The van der Waals surface area contributed by atoms with Crippen molar-refractivity contribution >= 4 is 22.0 Å². The van der Waals surface area contributed by atoms with Gasteiger partial charge in [-0.3, -0.25) is 4.79 Å². The van der Waals surface area contributed by atoms with E-state index in [-0.39, 0.29) is 16.8 Å². The molecule has 0 saturated heterocycles. The van der Waals surface area contributed by atoms with Crippen molar-refractivity contribution < 1.29 is 13.2 Å². The molecule has 1 amide bonds. The Morgan fingerprint density at radius 1 is 1.17 bits per heavy atom. The first-order valence-corrected chi connectivity index (χ1v) is 11.0. The van der Waals surface area contributed by atoms with Gasteiger partial charge in [0.25, 0.3) is 0 Å². The lowest BCUT2D eigenvalue weighted by Crippen LogP contribution is -2.25. The molecule has 3 aromatic rings. The summed E-state index contributed by atoms with van der Waals surface area (Å²) in [6.07, 6.45) is 9.97. The summed E-state index contributed by atoms with van der Waals surface area (Å²) in [5.41, 5.74) is 1.63. The van der Waals surface area contributed by atoms with Crippen LogP contribution in [0.5, 0.6) is 0 Å². The summed E-state index contributed by atoms with van der Waals surface area (Å²) in [6, 6.07) is 12.0. The van der Waals surface area contributed by atoms with E-state index in [9.17, 15) is 13.2 Å². The van der Waals surface area contributed by atoms with Gasteiger partial charge in [0.15, 0.2) is 5.82 Å². The molecule has 1 aliphatic rings. The van der Waals surface area contributed by atoms with Crippen molar-refractivity contribution in [3.05, 3.63) is 78.3 Å². The highest BCUT2D eigenvalue weighted by Crippen LogP contribution is 2.22. The largest absolute Gasteiger partial charge is 0.348 e. The minimum absolute atomic E-state index is 0.0642. The molecule has 2 heterocycles. The van der Waals surface area contributed by atoms with E-state index in [2.05, 4.69) is 20.1 Å². The van der Waals surface area contributed by atoms with Crippen molar-refractivity contribution in [2.24, 2.45) is 0 Å². The van der Waals surface area contributed by atoms with Crippen LogP contribution in [0.25, 0.3) is 11.9 Å². The molecule has 0 radical (unpaired) electrons. The summed E-state index contributed by atoms with van der Waals surface area (Å²) in [5, 5.41) is 6.95. The van der Waals surface area contributed by atoms with Crippen molar-refractivity contribution in [2.45, 2.75) is 30.3 Å². The van der Waals surface area contributed by atoms with E-state index in [1.165, 1.54) is 18.2 Å². The van der Waals surface area contributed by atoms with Crippen LogP contribution in [0.3, 0.4) is 0 Å². The number of benzene rings is 1. The van der Waals surface area contributed by atoms with E-state index in [1.54, 1.807) is 41.5 Å². The number of nitrogens with zero attached hydrogens (tertiary/aromatic N) is 3. The Morgan fingerprint density at radius 2 is 1.97 bits per heavy atom. The molecule has 0 aliphatic heterocycles. The third-order valence-corrected chi connectivity index (χ3v) is 6.07. The minimum Gasteiger partial charge on any atom is -0.348 e. The predicted octanol–water partition coefficient (Wildman–Crippen LogP) is 2.04. The molecule has 9 heteroatoms. The van der Waals surface area contributed by atoms with Crippen LogP contribution in [0.4, 0.5) is 0 Å². The van der Waals surface area contributed by atoms with E-state index in [4.69, 9.17) is 0 Å². The van der Waals surface area contributed by atoms with Crippen LogP contribution in [-0.4, -0.2) is 35.1 Å². The molecule has 0 bridgehead atoms. The Morgan fingerprint density at radius 3 is 2.67 bits per heavy atom. The van der Waals surface area contributed by atoms with E-state index in [0.29, 0.717) is 12.4 Å². The Hall–Kier alpha value is -3.30. The normalized spacial score (nSPS) is 14.1. The van der Waals surface area contributed by atoms with Crippen LogP contribution in [0.2, 0.25) is 0 Å². The van der Waals surface area contributed by atoms with Crippen LogP contribution in [0.1, 0.15) is 24.0 Å². The van der Waals surface area contributed by atoms with Gasteiger partial charge in [0.2, 0.25) is 15.9 Å². The first kappa shape index (κ1) is 20.0. The molecule has 2 aromatic heterocycles. The minimum atomic E-state index is -3.47. The van der Waals surface area contributed by atoms with Gasteiger partial charge in [0, 0.05) is 37.3 Å². The molecular formula is C21H21N5O3S. The Balaban J connectivity index is 1.32. The highest BCUT2D eigenvalue weighted by atomic mass is 32.2. The summed E-state index contributed by atoms with van der Waals surface area (Å²) in [6.45, 7) is 0.351. The lowest BCUT2D eigenvalue weighted by Gasteiger charge is -2.06. The molecule has 4 rings (SSSR count). The molecule has 2 N–H and O–H groups in total. The predicted molar refractivity (Wildman–Crippen MR) is 112 cm³/mol. The number of pyridine rings is 1. The van der Waals surface area contributed by atoms with Gasteiger partial charge < -0.3 is 5.32 Å². The fourth-order valence-electron chi connectivity index (χ4n) is 2.77. The van der Waals surface area contributed by atoms with Crippen molar-refractivity contribution in [2.75, 3.05) is 0 Å². The second-order valence-corrected chi connectivity index (χ2v) is 8.70. The third kappa shape index (κ3) is 5.19. The second-order valence-electron chi connectivity index (χ2n) is 6.99. The topological polar surface area (TPSA) is 106 Å². The summed E-state index contributed by atoms with van der Waals surface area (Å²) in [5.74, 6) is 0.424. The highest BCUT2D eigenvalue weighted by molar-refractivity contribution is 7.89. The van der Waals surface area contributed by atoms with Gasteiger partial charge in [0.1, 0.15) is 0 Å². The highest BCUT2D eigenvalue weighted by Gasteiger charge is 2.27. The molecule has 1 fully saturated rings.